The maximum atomic E-state index is 11.2. The summed E-state index contributed by atoms with van der Waals surface area (Å²) in [7, 11) is 0. The number of nitrogens with two attached hydrogens (primary N) is 2. The minimum Gasteiger partial charge on any atom is -0.397 e. The molecule has 1 saturated heterocycles. The van der Waals surface area contributed by atoms with Crippen LogP contribution in [0.4, 0.5) is 10.7 Å². The lowest BCUT2D eigenvalue weighted by molar-refractivity contribution is 0.100. The highest BCUT2D eigenvalue weighted by Gasteiger charge is 2.36. The topological polar surface area (TPSA) is 72.4 Å². The van der Waals surface area contributed by atoms with E-state index in [1.165, 1.54) is 30.6 Å². The lowest BCUT2D eigenvalue weighted by Gasteiger charge is -2.16. The molecular weight excluding hydrogens is 234 g/mol. The second-order valence-corrected chi connectivity index (χ2v) is 6.12. The third-order valence-electron chi connectivity index (χ3n) is 4.01. The van der Waals surface area contributed by atoms with Crippen molar-refractivity contribution >= 4 is 27.9 Å². The van der Waals surface area contributed by atoms with E-state index >= 15 is 0 Å². The van der Waals surface area contributed by atoms with Crippen LogP contribution in [-0.2, 0) is 0 Å². The Labute approximate surface area is 105 Å². The largest absolute Gasteiger partial charge is 0.397 e. The summed E-state index contributed by atoms with van der Waals surface area (Å²) >= 11 is 1.43. The van der Waals surface area contributed by atoms with E-state index in [1.54, 1.807) is 0 Å². The summed E-state index contributed by atoms with van der Waals surface area (Å²) in [5.74, 6) is 1.27. The van der Waals surface area contributed by atoms with Crippen LogP contribution in [0.2, 0.25) is 0 Å². The van der Waals surface area contributed by atoms with Gasteiger partial charge in [-0.25, -0.2) is 0 Å². The highest BCUT2D eigenvalue weighted by Crippen LogP contribution is 2.42. The molecule has 0 bridgehead atoms. The number of hydrogen-bond acceptors (Lipinski definition) is 4. The number of thiophene rings is 1. The molecule has 92 valence electrons. The lowest BCUT2D eigenvalue weighted by Crippen LogP contribution is -2.19. The van der Waals surface area contributed by atoms with E-state index in [0.29, 0.717) is 10.6 Å². The van der Waals surface area contributed by atoms with Crippen molar-refractivity contribution < 1.29 is 4.79 Å². The van der Waals surface area contributed by atoms with Gasteiger partial charge in [-0.3, -0.25) is 4.79 Å². The molecule has 1 aliphatic carbocycles. The van der Waals surface area contributed by atoms with Crippen molar-refractivity contribution in [2.75, 3.05) is 23.7 Å². The molecule has 1 aromatic heterocycles. The Balaban J connectivity index is 1.81. The molecule has 2 heterocycles. The summed E-state index contributed by atoms with van der Waals surface area (Å²) in [5, 5.41) is 1.10. The Morgan fingerprint density at radius 1 is 1.35 bits per heavy atom. The number of primary amides is 1. The van der Waals surface area contributed by atoms with Gasteiger partial charge >= 0.3 is 0 Å². The molecule has 0 spiro atoms. The quantitative estimate of drug-likeness (QED) is 0.839. The maximum absolute atomic E-state index is 11.2. The molecule has 2 fully saturated rings. The van der Waals surface area contributed by atoms with Crippen LogP contribution in [0.25, 0.3) is 0 Å². The van der Waals surface area contributed by atoms with Crippen molar-refractivity contribution in [2.24, 2.45) is 17.6 Å². The normalized spacial score (nSPS) is 27.4. The first-order chi connectivity index (χ1) is 8.15. The molecule has 0 radical (unpaired) electrons. The summed E-state index contributed by atoms with van der Waals surface area (Å²) in [6.45, 7) is 2.23. The Hall–Kier alpha value is -1.23. The van der Waals surface area contributed by atoms with Gasteiger partial charge < -0.3 is 16.4 Å². The van der Waals surface area contributed by atoms with Gasteiger partial charge in [0.25, 0.3) is 5.91 Å². The highest BCUT2D eigenvalue weighted by atomic mass is 32.1. The first-order valence-corrected chi connectivity index (χ1v) is 6.91. The van der Waals surface area contributed by atoms with Crippen LogP contribution in [-0.4, -0.2) is 19.0 Å². The predicted octanol–water partition coefficient (Wildman–Crippen LogP) is 1.67. The smallest absolute Gasteiger partial charge is 0.260 e. The summed E-state index contributed by atoms with van der Waals surface area (Å²) < 4.78 is 0. The van der Waals surface area contributed by atoms with Gasteiger partial charge in [-0.05, 0) is 30.7 Å². The van der Waals surface area contributed by atoms with Gasteiger partial charge in [0, 0.05) is 13.1 Å². The molecule has 4 nitrogen and oxygen atoms in total. The number of carbonyl (C=O) groups excluding carboxylic acids is 1. The van der Waals surface area contributed by atoms with E-state index < -0.39 is 5.91 Å². The first kappa shape index (κ1) is 10.9. The van der Waals surface area contributed by atoms with Crippen LogP contribution >= 0.6 is 11.3 Å². The van der Waals surface area contributed by atoms with Crippen LogP contribution in [0.1, 0.15) is 28.9 Å². The predicted molar refractivity (Wildman–Crippen MR) is 70.3 cm³/mol. The average molecular weight is 251 g/mol. The van der Waals surface area contributed by atoms with E-state index in [4.69, 9.17) is 11.5 Å². The fourth-order valence-corrected chi connectivity index (χ4v) is 4.11. The molecule has 1 amide bonds. The molecule has 1 aromatic rings. The number of hydrogen-bond donors (Lipinski definition) is 2. The van der Waals surface area contributed by atoms with Gasteiger partial charge in [-0.2, -0.15) is 0 Å². The zero-order valence-electron chi connectivity index (χ0n) is 9.69. The van der Waals surface area contributed by atoms with Crippen LogP contribution in [0.3, 0.4) is 0 Å². The van der Waals surface area contributed by atoms with Gasteiger partial charge in [0.2, 0.25) is 0 Å². The second kappa shape index (κ2) is 3.91. The molecular formula is C12H17N3OS. The van der Waals surface area contributed by atoms with Crippen molar-refractivity contribution in [2.45, 2.75) is 19.3 Å². The summed E-state index contributed by atoms with van der Waals surface area (Å²) in [6.07, 6.45) is 4.08. The van der Waals surface area contributed by atoms with Crippen LogP contribution < -0.4 is 16.4 Å². The van der Waals surface area contributed by atoms with Gasteiger partial charge in [0.1, 0.15) is 4.88 Å². The fraction of sp³-hybridized carbons (Fsp3) is 0.583. The average Bonchev–Trinajstić information content (AvgIpc) is 2.88. The van der Waals surface area contributed by atoms with Crippen LogP contribution in [0.5, 0.6) is 0 Å². The van der Waals surface area contributed by atoms with Crippen molar-refractivity contribution in [3.63, 3.8) is 0 Å². The molecule has 4 N–H and O–H groups in total. The standard InChI is InChI=1S/C12H17N3OS/c13-9-4-10(17-11(9)12(14)16)15-5-7-2-1-3-8(7)6-15/h4,7-8H,1-3,5-6,13H2,(H2,14,16). The number of carbonyl (C=O) groups is 1. The Morgan fingerprint density at radius 3 is 2.53 bits per heavy atom. The molecule has 5 heteroatoms. The van der Waals surface area contributed by atoms with Crippen molar-refractivity contribution in [3.8, 4) is 0 Å². The molecule has 1 saturated carbocycles. The summed E-state index contributed by atoms with van der Waals surface area (Å²) in [6, 6.07) is 1.89. The number of nitrogens with zero attached hydrogens (tertiary/aromatic N) is 1. The third-order valence-corrected chi connectivity index (χ3v) is 5.24. The first-order valence-electron chi connectivity index (χ1n) is 6.09. The van der Waals surface area contributed by atoms with E-state index in [9.17, 15) is 4.79 Å². The number of anilines is 2. The number of fused-ring (bicyclic) bond motifs is 1. The fourth-order valence-electron chi connectivity index (χ4n) is 3.15. The molecule has 2 unspecified atom stereocenters. The van der Waals surface area contributed by atoms with Gasteiger partial charge in [0.15, 0.2) is 0 Å². The molecule has 2 atom stereocenters. The highest BCUT2D eigenvalue weighted by molar-refractivity contribution is 7.18. The van der Waals surface area contributed by atoms with E-state index in [-0.39, 0.29) is 0 Å². The minimum absolute atomic E-state index is 0.418. The Kier molecular flexibility index (Phi) is 2.50. The third kappa shape index (κ3) is 1.78. The van der Waals surface area contributed by atoms with E-state index in [1.807, 2.05) is 6.07 Å². The monoisotopic (exact) mass is 251 g/mol. The van der Waals surface area contributed by atoms with E-state index in [2.05, 4.69) is 4.90 Å². The maximum Gasteiger partial charge on any atom is 0.260 e. The lowest BCUT2D eigenvalue weighted by atomic mass is 10.0. The van der Waals surface area contributed by atoms with Crippen LogP contribution in [0.15, 0.2) is 6.07 Å². The number of nitrogen functional groups attached to an aromatic ring is 1. The molecule has 1 aliphatic heterocycles. The Morgan fingerprint density at radius 2 is 2.00 bits per heavy atom. The summed E-state index contributed by atoms with van der Waals surface area (Å²) in [5.41, 5.74) is 11.6. The zero-order valence-corrected chi connectivity index (χ0v) is 10.5. The minimum atomic E-state index is -0.418. The second-order valence-electron chi connectivity index (χ2n) is 5.09. The van der Waals surface area contributed by atoms with Gasteiger partial charge in [-0.15, -0.1) is 11.3 Å². The zero-order chi connectivity index (χ0) is 12.0. The SMILES string of the molecule is NC(=O)c1sc(N2CC3CCCC3C2)cc1N. The Bertz CT molecular complexity index is 445. The molecule has 17 heavy (non-hydrogen) atoms. The van der Waals surface area contributed by atoms with Gasteiger partial charge in [-0.1, -0.05) is 6.42 Å². The van der Waals surface area contributed by atoms with E-state index in [0.717, 1.165) is 29.9 Å². The molecule has 3 rings (SSSR count). The van der Waals surface area contributed by atoms with Crippen molar-refractivity contribution in [1.82, 2.24) is 0 Å². The van der Waals surface area contributed by atoms with Crippen LogP contribution in [0, 0.1) is 11.8 Å². The number of amides is 1. The number of rotatable bonds is 2. The van der Waals surface area contributed by atoms with Gasteiger partial charge in [0.05, 0.1) is 10.7 Å². The summed E-state index contributed by atoms with van der Waals surface area (Å²) in [4.78, 5) is 14.0. The molecule has 0 aromatic carbocycles. The molecule has 2 aliphatic rings. The van der Waals surface area contributed by atoms with Crippen molar-refractivity contribution in [1.29, 1.82) is 0 Å². The van der Waals surface area contributed by atoms with Crippen molar-refractivity contribution in [3.05, 3.63) is 10.9 Å².